The number of phenolic OH excluding ortho intramolecular Hbond substituents is 1. The summed E-state index contributed by atoms with van der Waals surface area (Å²) in [6.07, 6.45) is 0. The average molecular weight is 244 g/mol. The van der Waals surface area contributed by atoms with Crippen molar-refractivity contribution in [2.75, 3.05) is 13.7 Å². The second-order valence-electron chi connectivity index (χ2n) is 4.30. The normalized spacial score (nSPS) is 11.8. The van der Waals surface area contributed by atoms with Crippen LogP contribution < -0.4 is 5.32 Å². The maximum atomic E-state index is 9.62. The third-order valence-electron chi connectivity index (χ3n) is 2.50. The van der Waals surface area contributed by atoms with Gasteiger partial charge in [-0.25, -0.2) is 0 Å². The lowest BCUT2D eigenvalue weighted by molar-refractivity contribution is 0.0230. The molecule has 3 nitrogen and oxygen atoms in total. The van der Waals surface area contributed by atoms with E-state index in [-0.39, 0.29) is 11.4 Å². The van der Waals surface area contributed by atoms with Gasteiger partial charge in [0, 0.05) is 30.8 Å². The fourth-order valence-electron chi connectivity index (χ4n) is 1.28. The quantitative estimate of drug-likeness (QED) is 0.835. The number of benzene rings is 1. The van der Waals surface area contributed by atoms with Crippen molar-refractivity contribution in [1.29, 1.82) is 0 Å². The van der Waals surface area contributed by atoms with Gasteiger partial charge in [-0.1, -0.05) is 17.7 Å². The molecule has 16 heavy (non-hydrogen) atoms. The number of hydrogen-bond donors (Lipinski definition) is 2. The lowest BCUT2D eigenvalue weighted by atomic mass is 10.1. The number of hydrogen-bond acceptors (Lipinski definition) is 3. The van der Waals surface area contributed by atoms with Gasteiger partial charge >= 0.3 is 0 Å². The van der Waals surface area contributed by atoms with Crippen LogP contribution in [0.3, 0.4) is 0 Å². The number of rotatable bonds is 5. The molecule has 0 spiro atoms. The highest BCUT2D eigenvalue weighted by atomic mass is 35.5. The summed E-state index contributed by atoms with van der Waals surface area (Å²) >= 11 is 5.98. The first-order chi connectivity index (χ1) is 7.46. The summed E-state index contributed by atoms with van der Waals surface area (Å²) in [5.74, 6) is 0.218. The van der Waals surface area contributed by atoms with E-state index < -0.39 is 0 Å². The monoisotopic (exact) mass is 243 g/mol. The topological polar surface area (TPSA) is 41.5 Å². The molecule has 0 aliphatic heterocycles. The molecule has 0 saturated carbocycles. The molecule has 1 aromatic carbocycles. The first kappa shape index (κ1) is 13.3. The summed E-state index contributed by atoms with van der Waals surface area (Å²) in [7, 11) is 1.68. The van der Waals surface area contributed by atoms with Crippen LogP contribution in [0.1, 0.15) is 19.4 Å². The van der Waals surface area contributed by atoms with Crippen molar-refractivity contribution in [3.8, 4) is 5.75 Å². The van der Waals surface area contributed by atoms with E-state index >= 15 is 0 Å². The maximum absolute atomic E-state index is 9.62. The Kier molecular flexibility index (Phi) is 4.59. The lowest BCUT2D eigenvalue weighted by Crippen LogP contribution is -2.36. The summed E-state index contributed by atoms with van der Waals surface area (Å²) in [5, 5.41) is 13.4. The summed E-state index contributed by atoms with van der Waals surface area (Å²) in [6, 6.07) is 5.12. The summed E-state index contributed by atoms with van der Waals surface area (Å²) in [5.41, 5.74) is 0.493. The van der Waals surface area contributed by atoms with E-state index in [0.717, 1.165) is 5.56 Å². The van der Waals surface area contributed by atoms with E-state index in [9.17, 15) is 5.11 Å². The van der Waals surface area contributed by atoms with Crippen LogP contribution in [-0.2, 0) is 11.3 Å². The Morgan fingerprint density at radius 2 is 2.12 bits per heavy atom. The van der Waals surface area contributed by atoms with Gasteiger partial charge in [0.1, 0.15) is 5.75 Å². The Bertz CT molecular complexity index is 333. The molecule has 0 fully saturated rings. The van der Waals surface area contributed by atoms with Gasteiger partial charge in [-0.3, -0.25) is 0 Å². The van der Waals surface area contributed by atoms with Crippen molar-refractivity contribution in [2.24, 2.45) is 0 Å². The van der Waals surface area contributed by atoms with Gasteiger partial charge in [0.15, 0.2) is 0 Å². The van der Waals surface area contributed by atoms with Crippen LogP contribution in [0.2, 0.25) is 5.02 Å². The van der Waals surface area contributed by atoms with Crippen LogP contribution in [0.25, 0.3) is 0 Å². The Labute approximate surface area is 101 Å². The molecule has 0 aliphatic rings. The highest BCUT2D eigenvalue weighted by Gasteiger charge is 2.16. The number of phenols is 1. The SMILES string of the molecule is COC(C)(C)CNCc1c(O)cccc1Cl. The minimum absolute atomic E-state index is 0.218. The fraction of sp³-hybridized carbons (Fsp3) is 0.500. The maximum Gasteiger partial charge on any atom is 0.121 e. The average Bonchev–Trinajstić information content (AvgIpc) is 2.22. The predicted molar refractivity (Wildman–Crippen MR) is 65.9 cm³/mol. The largest absolute Gasteiger partial charge is 0.508 e. The molecule has 0 aliphatic carbocycles. The molecule has 0 atom stereocenters. The molecule has 0 heterocycles. The molecule has 0 unspecified atom stereocenters. The highest BCUT2D eigenvalue weighted by molar-refractivity contribution is 6.31. The molecule has 0 radical (unpaired) electrons. The molecule has 0 bridgehead atoms. The zero-order valence-electron chi connectivity index (χ0n) is 9.88. The zero-order chi connectivity index (χ0) is 12.2. The molecule has 1 aromatic rings. The fourth-order valence-corrected chi connectivity index (χ4v) is 1.52. The number of methoxy groups -OCH3 is 1. The third-order valence-corrected chi connectivity index (χ3v) is 2.85. The first-order valence-corrected chi connectivity index (χ1v) is 5.56. The van der Waals surface area contributed by atoms with Crippen molar-refractivity contribution in [2.45, 2.75) is 26.0 Å². The lowest BCUT2D eigenvalue weighted by Gasteiger charge is -2.23. The molecule has 0 saturated heterocycles. The third kappa shape index (κ3) is 3.67. The van der Waals surface area contributed by atoms with E-state index in [0.29, 0.717) is 18.1 Å². The van der Waals surface area contributed by atoms with Crippen LogP contribution in [-0.4, -0.2) is 24.4 Å². The van der Waals surface area contributed by atoms with Gasteiger partial charge in [0.2, 0.25) is 0 Å². The number of halogens is 1. The van der Waals surface area contributed by atoms with Crippen molar-refractivity contribution in [1.82, 2.24) is 5.32 Å². The van der Waals surface area contributed by atoms with E-state index in [2.05, 4.69) is 5.32 Å². The highest BCUT2D eigenvalue weighted by Crippen LogP contribution is 2.24. The second kappa shape index (κ2) is 5.53. The summed E-state index contributed by atoms with van der Waals surface area (Å²) < 4.78 is 5.28. The van der Waals surface area contributed by atoms with Crippen molar-refractivity contribution in [3.05, 3.63) is 28.8 Å². The number of aromatic hydroxyl groups is 1. The number of ether oxygens (including phenoxy) is 1. The minimum Gasteiger partial charge on any atom is -0.508 e. The van der Waals surface area contributed by atoms with E-state index in [1.807, 2.05) is 13.8 Å². The Hall–Kier alpha value is -0.770. The van der Waals surface area contributed by atoms with E-state index in [1.54, 1.807) is 25.3 Å². The van der Waals surface area contributed by atoms with Gasteiger partial charge in [-0.15, -0.1) is 0 Å². The van der Waals surface area contributed by atoms with Crippen molar-refractivity contribution < 1.29 is 9.84 Å². The van der Waals surface area contributed by atoms with Crippen LogP contribution in [0, 0.1) is 0 Å². The minimum atomic E-state index is -0.225. The summed E-state index contributed by atoms with van der Waals surface area (Å²) in [4.78, 5) is 0. The van der Waals surface area contributed by atoms with Crippen LogP contribution in [0.4, 0.5) is 0 Å². The van der Waals surface area contributed by atoms with Crippen LogP contribution >= 0.6 is 11.6 Å². The Morgan fingerprint density at radius 1 is 1.44 bits per heavy atom. The van der Waals surface area contributed by atoms with E-state index in [4.69, 9.17) is 16.3 Å². The summed E-state index contributed by atoms with van der Waals surface area (Å²) in [6.45, 7) is 5.20. The molecular formula is C12H18ClNO2. The zero-order valence-corrected chi connectivity index (χ0v) is 10.6. The molecular weight excluding hydrogens is 226 g/mol. The van der Waals surface area contributed by atoms with Gasteiger partial charge in [-0.2, -0.15) is 0 Å². The van der Waals surface area contributed by atoms with Crippen LogP contribution in [0.5, 0.6) is 5.75 Å². The molecule has 2 N–H and O–H groups in total. The Balaban J connectivity index is 2.56. The molecule has 0 amide bonds. The van der Waals surface area contributed by atoms with Gasteiger partial charge in [-0.05, 0) is 26.0 Å². The van der Waals surface area contributed by atoms with Gasteiger partial charge < -0.3 is 15.2 Å². The van der Waals surface area contributed by atoms with Crippen LogP contribution in [0.15, 0.2) is 18.2 Å². The van der Waals surface area contributed by atoms with Gasteiger partial charge in [0.05, 0.1) is 5.60 Å². The second-order valence-corrected chi connectivity index (χ2v) is 4.71. The van der Waals surface area contributed by atoms with Gasteiger partial charge in [0.25, 0.3) is 0 Å². The predicted octanol–water partition coefficient (Wildman–Crippen LogP) is 2.56. The standard InChI is InChI=1S/C12H18ClNO2/c1-12(2,16-3)8-14-7-9-10(13)5-4-6-11(9)15/h4-6,14-15H,7-8H2,1-3H3. The van der Waals surface area contributed by atoms with Crippen molar-refractivity contribution in [3.63, 3.8) is 0 Å². The molecule has 90 valence electrons. The van der Waals surface area contributed by atoms with E-state index in [1.165, 1.54) is 0 Å². The smallest absolute Gasteiger partial charge is 0.121 e. The first-order valence-electron chi connectivity index (χ1n) is 5.18. The van der Waals surface area contributed by atoms with Crippen molar-refractivity contribution >= 4 is 11.6 Å². The molecule has 4 heteroatoms. The molecule has 1 rings (SSSR count). The molecule has 0 aromatic heterocycles. The number of nitrogens with one attached hydrogen (secondary N) is 1. The Morgan fingerprint density at radius 3 is 2.69 bits per heavy atom.